The average molecular weight is 342 g/mol. The zero-order valence-corrected chi connectivity index (χ0v) is 14.8. The molecule has 24 heavy (non-hydrogen) atoms. The van der Waals surface area contributed by atoms with Gasteiger partial charge in [0.1, 0.15) is 6.10 Å². The van der Waals surface area contributed by atoms with Crippen molar-refractivity contribution in [3.05, 3.63) is 0 Å². The smallest absolute Gasteiger partial charge is 0.253 e. The van der Waals surface area contributed by atoms with Crippen LogP contribution in [0.15, 0.2) is 0 Å². The number of nitrogens with zero attached hydrogens (tertiary/aromatic N) is 2. The highest BCUT2D eigenvalue weighted by molar-refractivity contribution is 5.82. The van der Waals surface area contributed by atoms with Gasteiger partial charge in [0.25, 0.3) is 5.91 Å². The van der Waals surface area contributed by atoms with E-state index < -0.39 is 0 Å². The molecule has 2 heterocycles. The lowest BCUT2D eigenvalue weighted by Crippen LogP contribution is -2.58. The van der Waals surface area contributed by atoms with Gasteiger partial charge in [-0.2, -0.15) is 0 Å². The third kappa shape index (κ3) is 5.41. The van der Waals surface area contributed by atoms with Crippen LogP contribution in [0.1, 0.15) is 13.3 Å². The summed E-state index contributed by atoms with van der Waals surface area (Å²) in [7, 11) is 1.65. The van der Waals surface area contributed by atoms with E-state index in [1.54, 1.807) is 7.11 Å². The second kappa shape index (κ2) is 9.93. The number of hydrogen-bond acceptors (Lipinski definition) is 6. The van der Waals surface area contributed by atoms with E-state index in [9.17, 15) is 9.59 Å². The summed E-state index contributed by atoms with van der Waals surface area (Å²) in [4.78, 5) is 28.5. The predicted octanol–water partition coefficient (Wildman–Crippen LogP) is -1.34. The highest BCUT2D eigenvalue weighted by atomic mass is 16.5. The Hall–Kier alpha value is -1.22. The molecule has 8 heteroatoms. The van der Waals surface area contributed by atoms with Gasteiger partial charge in [0.05, 0.1) is 12.6 Å². The molecule has 2 fully saturated rings. The molecule has 0 bridgehead atoms. The summed E-state index contributed by atoms with van der Waals surface area (Å²) in [5, 5.41) is 6.11. The first kappa shape index (κ1) is 19.1. The lowest BCUT2D eigenvalue weighted by Gasteiger charge is -2.39. The Labute approximate surface area is 143 Å². The lowest BCUT2D eigenvalue weighted by atomic mass is 10.2. The maximum absolute atomic E-state index is 12.4. The van der Waals surface area contributed by atoms with Gasteiger partial charge >= 0.3 is 0 Å². The normalized spacial score (nSPS) is 23.8. The summed E-state index contributed by atoms with van der Waals surface area (Å²) in [5.41, 5.74) is 0. The van der Waals surface area contributed by atoms with Gasteiger partial charge in [-0.05, 0) is 13.3 Å². The number of carbonyl (C=O) groups is 2. The van der Waals surface area contributed by atoms with Gasteiger partial charge in [0, 0.05) is 59.5 Å². The highest BCUT2D eigenvalue weighted by Gasteiger charge is 2.31. The number of piperazine rings is 1. The monoisotopic (exact) mass is 342 g/mol. The molecule has 2 aliphatic heterocycles. The molecule has 2 rings (SSSR count). The molecule has 2 atom stereocenters. The predicted molar refractivity (Wildman–Crippen MR) is 89.7 cm³/mol. The largest absolute Gasteiger partial charge is 0.385 e. The third-order valence-corrected chi connectivity index (χ3v) is 4.58. The van der Waals surface area contributed by atoms with E-state index in [0.717, 1.165) is 13.0 Å². The molecule has 0 aliphatic carbocycles. The van der Waals surface area contributed by atoms with Gasteiger partial charge in [0.15, 0.2) is 0 Å². The number of ether oxygens (including phenoxy) is 2. The second-order valence-electron chi connectivity index (χ2n) is 6.24. The van der Waals surface area contributed by atoms with E-state index in [1.165, 1.54) is 0 Å². The minimum absolute atomic E-state index is 0.0330. The number of rotatable bonds is 7. The van der Waals surface area contributed by atoms with Crippen LogP contribution in [0, 0.1) is 0 Å². The first-order valence-electron chi connectivity index (χ1n) is 8.75. The van der Waals surface area contributed by atoms with Gasteiger partial charge in [-0.15, -0.1) is 0 Å². The van der Waals surface area contributed by atoms with E-state index in [2.05, 4.69) is 15.5 Å². The summed E-state index contributed by atoms with van der Waals surface area (Å²) in [6.45, 7) is 7.84. The Morgan fingerprint density at radius 1 is 1.33 bits per heavy atom. The van der Waals surface area contributed by atoms with Crippen molar-refractivity contribution in [3.63, 3.8) is 0 Å². The van der Waals surface area contributed by atoms with Crippen LogP contribution in [-0.4, -0.2) is 99.9 Å². The molecule has 2 aliphatic rings. The van der Waals surface area contributed by atoms with Crippen molar-refractivity contribution in [2.45, 2.75) is 25.5 Å². The summed E-state index contributed by atoms with van der Waals surface area (Å²) < 4.78 is 10.5. The summed E-state index contributed by atoms with van der Waals surface area (Å²) in [5.74, 6) is 0.0872. The Balaban J connectivity index is 1.71. The minimum atomic E-state index is -0.369. The zero-order valence-electron chi connectivity index (χ0n) is 14.8. The van der Waals surface area contributed by atoms with Crippen molar-refractivity contribution >= 4 is 11.8 Å². The number of nitrogens with one attached hydrogen (secondary N) is 2. The molecule has 2 saturated heterocycles. The van der Waals surface area contributed by atoms with Crippen molar-refractivity contribution in [2.24, 2.45) is 0 Å². The van der Waals surface area contributed by atoms with Crippen LogP contribution in [0.5, 0.6) is 0 Å². The number of morpholine rings is 1. The maximum atomic E-state index is 12.4. The van der Waals surface area contributed by atoms with Crippen molar-refractivity contribution in [3.8, 4) is 0 Å². The molecular formula is C16H30N4O4. The van der Waals surface area contributed by atoms with Crippen LogP contribution in [0.3, 0.4) is 0 Å². The van der Waals surface area contributed by atoms with Crippen molar-refractivity contribution in [1.29, 1.82) is 0 Å². The van der Waals surface area contributed by atoms with Crippen LogP contribution in [0.2, 0.25) is 0 Å². The molecule has 8 nitrogen and oxygen atoms in total. The Morgan fingerprint density at radius 3 is 2.71 bits per heavy atom. The Kier molecular flexibility index (Phi) is 7.90. The van der Waals surface area contributed by atoms with Crippen LogP contribution in [0.4, 0.5) is 0 Å². The van der Waals surface area contributed by atoms with E-state index >= 15 is 0 Å². The molecule has 0 aromatic heterocycles. The molecular weight excluding hydrogens is 312 g/mol. The van der Waals surface area contributed by atoms with Crippen molar-refractivity contribution in [2.75, 3.05) is 66.1 Å². The molecule has 0 aromatic carbocycles. The fourth-order valence-electron chi connectivity index (χ4n) is 3.00. The lowest BCUT2D eigenvalue weighted by molar-refractivity contribution is -0.147. The van der Waals surface area contributed by atoms with Crippen LogP contribution in [-0.2, 0) is 19.1 Å². The van der Waals surface area contributed by atoms with Gasteiger partial charge < -0.3 is 25.0 Å². The second-order valence-corrected chi connectivity index (χ2v) is 6.24. The highest BCUT2D eigenvalue weighted by Crippen LogP contribution is 2.10. The van der Waals surface area contributed by atoms with Gasteiger partial charge in [-0.25, -0.2) is 0 Å². The zero-order chi connectivity index (χ0) is 17.4. The molecule has 2 N–H and O–H groups in total. The average Bonchev–Trinajstić information content (AvgIpc) is 2.64. The van der Waals surface area contributed by atoms with Gasteiger partial charge in [-0.3, -0.25) is 14.5 Å². The fourth-order valence-corrected chi connectivity index (χ4v) is 3.00. The standard InChI is InChI=1S/C16H30N4O4/c1-13(15(21)18-4-3-10-23-2)19-6-8-20(9-7-19)16(22)14-12-17-5-11-24-14/h13-14,17H,3-12H2,1-2H3,(H,18,21). The fraction of sp³-hybridized carbons (Fsp3) is 0.875. The first-order valence-corrected chi connectivity index (χ1v) is 8.75. The molecule has 2 unspecified atom stereocenters. The molecule has 0 radical (unpaired) electrons. The van der Waals surface area contributed by atoms with Crippen molar-refractivity contribution < 1.29 is 19.1 Å². The van der Waals surface area contributed by atoms with E-state index in [4.69, 9.17) is 9.47 Å². The number of hydrogen-bond donors (Lipinski definition) is 2. The topological polar surface area (TPSA) is 83.1 Å². The van der Waals surface area contributed by atoms with Crippen LogP contribution >= 0.6 is 0 Å². The maximum Gasteiger partial charge on any atom is 0.253 e. The molecule has 0 spiro atoms. The van der Waals surface area contributed by atoms with Gasteiger partial charge in [-0.1, -0.05) is 0 Å². The first-order chi connectivity index (χ1) is 11.6. The minimum Gasteiger partial charge on any atom is -0.385 e. The summed E-state index contributed by atoms with van der Waals surface area (Å²) >= 11 is 0. The van der Waals surface area contributed by atoms with Crippen LogP contribution in [0.25, 0.3) is 0 Å². The van der Waals surface area contributed by atoms with Crippen molar-refractivity contribution in [1.82, 2.24) is 20.4 Å². The molecule has 0 saturated carbocycles. The number of methoxy groups -OCH3 is 1. The van der Waals surface area contributed by atoms with E-state index in [1.807, 2.05) is 11.8 Å². The summed E-state index contributed by atoms with van der Waals surface area (Å²) in [6, 6.07) is -0.183. The third-order valence-electron chi connectivity index (χ3n) is 4.58. The number of amides is 2. The Morgan fingerprint density at radius 2 is 2.08 bits per heavy atom. The van der Waals surface area contributed by atoms with E-state index in [-0.39, 0.29) is 24.0 Å². The SMILES string of the molecule is COCCCNC(=O)C(C)N1CCN(C(=O)C2CNCCO2)CC1. The quantitative estimate of drug-likeness (QED) is 0.557. The van der Waals surface area contributed by atoms with Crippen LogP contribution < -0.4 is 10.6 Å². The molecule has 0 aromatic rings. The Bertz CT molecular complexity index is 407. The van der Waals surface area contributed by atoms with Gasteiger partial charge in [0.2, 0.25) is 5.91 Å². The molecule has 138 valence electrons. The molecule has 2 amide bonds. The van der Waals surface area contributed by atoms with E-state index in [0.29, 0.717) is 52.5 Å². The number of carbonyl (C=O) groups excluding carboxylic acids is 2. The summed E-state index contributed by atoms with van der Waals surface area (Å²) in [6.07, 6.45) is 0.443.